The van der Waals surface area contributed by atoms with Gasteiger partial charge in [-0.25, -0.2) is 0 Å². The Bertz CT molecular complexity index is 512. The molecule has 0 radical (unpaired) electrons. The topological polar surface area (TPSA) is 33.1 Å². The molecule has 0 aliphatic carbocycles. The maximum absolute atomic E-state index is 10.1. The summed E-state index contributed by atoms with van der Waals surface area (Å²) in [6, 6.07) is 3.80. The van der Waals surface area contributed by atoms with Crippen LogP contribution in [0.15, 0.2) is 33.5 Å². The Morgan fingerprint density at radius 1 is 1.35 bits per heavy atom. The third kappa shape index (κ3) is 3.51. The van der Waals surface area contributed by atoms with Crippen molar-refractivity contribution >= 4 is 54.8 Å². The Kier molecular flexibility index (Phi) is 4.60. The van der Waals surface area contributed by atoms with Crippen LogP contribution in [0.4, 0.5) is 0 Å². The van der Waals surface area contributed by atoms with Crippen molar-refractivity contribution < 1.29 is 5.11 Å². The van der Waals surface area contributed by atoms with Gasteiger partial charge in [0.2, 0.25) is 0 Å². The third-order valence-electron chi connectivity index (χ3n) is 2.18. The number of nitrogens with zero attached hydrogens (tertiary/aromatic N) is 1. The van der Waals surface area contributed by atoms with Crippen LogP contribution in [0.1, 0.15) is 16.5 Å². The molecule has 1 atom stereocenters. The number of hydrogen-bond donors (Lipinski definition) is 1. The number of halogens is 3. The molecule has 2 aromatic heterocycles. The minimum absolute atomic E-state index is 0.524. The summed E-state index contributed by atoms with van der Waals surface area (Å²) in [6.45, 7) is 0. The molecule has 0 fully saturated rings. The van der Waals surface area contributed by atoms with Gasteiger partial charge in [-0.2, -0.15) is 0 Å². The third-order valence-corrected chi connectivity index (χ3v) is 5.19. The van der Waals surface area contributed by atoms with Gasteiger partial charge < -0.3 is 5.11 Å². The van der Waals surface area contributed by atoms with E-state index in [0.717, 1.165) is 19.4 Å². The van der Waals surface area contributed by atoms with Crippen LogP contribution in [0.2, 0.25) is 4.34 Å². The Hall–Kier alpha value is 0.0600. The van der Waals surface area contributed by atoms with Crippen LogP contribution in [0.3, 0.4) is 0 Å². The second kappa shape index (κ2) is 5.80. The molecule has 6 heteroatoms. The lowest BCUT2D eigenvalue weighted by molar-refractivity contribution is 0.182. The minimum atomic E-state index is -0.556. The van der Waals surface area contributed by atoms with Crippen molar-refractivity contribution in [2.75, 3.05) is 0 Å². The molecule has 2 aromatic rings. The van der Waals surface area contributed by atoms with E-state index < -0.39 is 6.10 Å². The molecule has 0 saturated carbocycles. The first-order valence-corrected chi connectivity index (χ1v) is 7.56. The monoisotopic (exact) mass is 395 g/mol. The predicted octanol–water partition coefficient (Wildman–Crippen LogP) is 4.60. The van der Waals surface area contributed by atoms with Gasteiger partial charge in [0.25, 0.3) is 0 Å². The van der Waals surface area contributed by atoms with Gasteiger partial charge in [-0.05, 0) is 49.6 Å². The Balaban J connectivity index is 2.14. The van der Waals surface area contributed by atoms with Crippen molar-refractivity contribution in [1.82, 2.24) is 4.98 Å². The van der Waals surface area contributed by atoms with Crippen LogP contribution in [0, 0.1) is 0 Å². The molecule has 0 aromatic carbocycles. The zero-order chi connectivity index (χ0) is 12.4. The molecule has 0 aliphatic heterocycles. The van der Waals surface area contributed by atoms with Gasteiger partial charge in [0, 0.05) is 32.6 Å². The summed E-state index contributed by atoms with van der Waals surface area (Å²) in [5.41, 5.74) is 0.979. The number of aromatic nitrogens is 1. The average molecular weight is 398 g/mol. The van der Waals surface area contributed by atoms with Crippen molar-refractivity contribution in [2.24, 2.45) is 0 Å². The first kappa shape index (κ1) is 13.5. The van der Waals surface area contributed by atoms with Gasteiger partial charge in [-0.3, -0.25) is 4.98 Å². The molecule has 17 heavy (non-hydrogen) atoms. The fourth-order valence-electron chi connectivity index (χ4n) is 1.42. The van der Waals surface area contributed by atoms with E-state index in [4.69, 9.17) is 11.6 Å². The van der Waals surface area contributed by atoms with Crippen LogP contribution in [-0.2, 0) is 6.42 Å². The number of thiophene rings is 1. The molecule has 2 nitrogen and oxygen atoms in total. The highest BCUT2D eigenvalue weighted by atomic mass is 79.9. The first-order valence-electron chi connectivity index (χ1n) is 4.78. The Morgan fingerprint density at radius 2 is 2.12 bits per heavy atom. The molecule has 2 rings (SSSR count). The van der Waals surface area contributed by atoms with Crippen LogP contribution in [-0.4, -0.2) is 10.1 Å². The standard InChI is InChI=1S/C11H8Br2ClNOS/c12-7-1-6(4-15-5-7)2-9(16)10-3-8(13)11(14)17-10/h1,3-5,9,16H,2H2. The van der Waals surface area contributed by atoms with Gasteiger partial charge in [0.15, 0.2) is 0 Å². The number of aliphatic hydroxyl groups excluding tert-OH is 1. The van der Waals surface area contributed by atoms with Crippen molar-refractivity contribution in [2.45, 2.75) is 12.5 Å². The summed E-state index contributed by atoms with van der Waals surface area (Å²) >= 11 is 14.0. The van der Waals surface area contributed by atoms with Gasteiger partial charge >= 0.3 is 0 Å². The molecule has 0 bridgehead atoms. The molecule has 90 valence electrons. The fourth-order valence-corrected chi connectivity index (χ4v) is 3.55. The average Bonchev–Trinajstić information content (AvgIpc) is 2.59. The van der Waals surface area contributed by atoms with Gasteiger partial charge in [-0.1, -0.05) is 11.6 Å². The number of hydrogen-bond acceptors (Lipinski definition) is 3. The summed E-state index contributed by atoms with van der Waals surface area (Å²) < 4.78 is 2.39. The zero-order valence-electron chi connectivity index (χ0n) is 8.53. The van der Waals surface area contributed by atoms with E-state index in [1.54, 1.807) is 12.4 Å². The maximum Gasteiger partial charge on any atom is 0.107 e. The van der Waals surface area contributed by atoms with Crippen LogP contribution in [0.25, 0.3) is 0 Å². The smallest absolute Gasteiger partial charge is 0.107 e. The quantitative estimate of drug-likeness (QED) is 0.821. The molecular formula is C11H8Br2ClNOS. The highest BCUT2D eigenvalue weighted by Gasteiger charge is 2.14. The van der Waals surface area contributed by atoms with Gasteiger partial charge in [-0.15, -0.1) is 11.3 Å². The Labute approximate surface area is 125 Å². The molecule has 0 amide bonds. The number of rotatable bonds is 3. The largest absolute Gasteiger partial charge is 0.387 e. The first-order chi connectivity index (χ1) is 8.06. The molecule has 0 spiro atoms. The molecule has 1 N–H and O–H groups in total. The van der Waals surface area contributed by atoms with E-state index in [1.807, 2.05) is 12.1 Å². The van der Waals surface area contributed by atoms with Crippen LogP contribution in [0.5, 0.6) is 0 Å². The number of pyridine rings is 1. The molecule has 0 saturated heterocycles. The lowest BCUT2D eigenvalue weighted by atomic mass is 10.1. The second-order valence-electron chi connectivity index (χ2n) is 3.50. The van der Waals surface area contributed by atoms with E-state index in [0.29, 0.717) is 10.8 Å². The second-order valence-corrected chi connectivity index (χ2v) is 6.96. The lowest BCUT2D eigenvalue weighted by Crippen LogP contribution is -1.99. The van der Waals surface area contributed by atoms with E-state index in [2.05, 4.69) is 36.8 Å². The normalized spacial score (nSPS) is 12.7. The zero-order valence-corrected chi connectivity index (χ0v) is 13.3. The summed E-state index contributed by atoms with van der Waals surface area (Å²) in [7, 11) is 0. The predicted molar refractivity (Wildman–Crippen MR) is 77.6 cm³/mol. The van der Waals surface area contributed by atoms with E-state index in [1.165, 1.54) is 11.3 Å². The van der Waals surface area contributed by atoms with Crippen molar-refractivity contribution in [3.05, 3.63) is 48.2 Å². The molecule has 2 heterocycles. The highest BCUT2D eigenvalue weighted by Crippen LogP contribution is 2.36. The van der Waals surface area contributed by atoms with E-state index >= 15 is 0 Å². The van der Waals surface area contributed by atoms with E-state index in [9.17, 15) is 5.11 Å². The Morgan fingerprint density at radius 3 is 2.71 bits per heavy atom. The lowest BCUT2D eigenvalue weighted by Gasteiger charge is -2.08. The fraction of sp³-hybridized carbons (Fsp3) is 0.182. The van der Waals surface area contributed by atoms with Crippen molar-refractivity contribution in [3.63, 3.8) is 0 Å². The van der Waals surface area contributed by atoms with E-state index in [-0.39, 0.29) is 0 Å². The van der Waals surface area contributed by atoms with Crippen molar-refractivity contribution in [3.8, 4) is 0 Å². The summed E-state index contributed by atoms with van der Waals surface area (Å²) in [5, 5.41) is 10.1. The molecule has 0 aliphatic rings. The number of aliphatic hydroxyl groups is 1. The van der Waals surface area contributed by atoms with Gasteiger partial charge in [0.05, 0.1) is 6.10 Å². The molecular weight excluding hydrogens is 389 g/mol. The minimum Gasteiger partial charge on any atom is -0.387 e. The maximum atomic E-state index is 10.1. The van der Waals surface area contributed by atoms with Crippen LogP contribution < -0.4 is 0 Å². The van der Waals surface area contributed by atoms with Crippen molar-refractivity contribution in [1.29, 1.82) is 0 Å². The SMILES string of the molecule is OC(Cc1cncc(Br)c1)c1cc(Br)c(Cl)s1. The summed E-state index contributed by atoms with van der Waals surface area (Å²) in [5.74, 6) is 0. The summed E-state index contributed by atoms with van der Waals surface area (Å²) in [6.07, 6.45) is 3.43. The van der Waals surface area contributed by atoms with Crippen LogP contribution >= 0.6 is 54.8 Å². The van der Waals surface area contributed by atoms with Gasteiger partial charge in [0.1, 0.15) is 4.34 Å². The molecule has 1 unspecified atom stereocenters. The highest BCUT2D eigenvalue weighted by molar-refractivity contribution is 9.10. The summed E-state index contributed by atoms with van der Waals surface area (Å²) in [4.78, 5) is 4.91.